The van der Waals surface area contributed by atoms with Gasteiger partial charge in [0.2, 0.25) is 5.91 Å². The van der Waals surface area contributed by atoms with Gasteiger partial charge in [-0.1, -0.05) is 0 Å². The molecule has 3 rings (SSSR count). The maximum Gasteiger partial charge on any atom is 0.285 e. The Hall–Kier alpha value is -3.20. The number of carbonyl (C=O) groups excluding carboxylic acids is 1. The summed E-state index contributed by atoms with van der Waals surface area (Å²) in [5, 5.41) is 13.6. The standard InChI is InChI=1S/C18H20N4O5/c1-13(21-12-16(22(25)26)6-7-17(21)23)18(24)19-14-2-4-15(5-3-14)20-8-10-27-11-9-20/h2-7,12-13H,8-11H2,1H3,(H,19,24)/t13-/m0/s1. The molecular weight excluding hydrogens is 352 g/mol. The van der Waals surface area contributed by atoms with E-state index in [-0.39, 0.29) is 5.69 Å². The highest BCUT2D eigenvalue weighted by Crippen LogP contribution is 2.20. The molecule has 1 saturated heterocycles. The van der Waals surface area contributed by atoms with E-state index in [9.17, 15) is 19.7 Å². The molecule has 27 heavy (non-hydrogen) atoms. The van der Waals surface area contributed by atoms with Crippen LogP contribution in [0, 0.1) is 10.1 Å². The number of aromatic nitrogens is 1. The third-order valence-electron chi connectivity index (χ3n) is 4.44. The average molecular weight is 372 g/mol. The highest BCUT2D eigenvalue weighted by Gasteiger charge is 2.19. The SMILES string of the molecule is C[C@@H](C(=O)Nc1ccc(N2CCOCC2)cc1)n1cc([N+](=O)[O-])ccc1=O. The third kappa shape index (κ3) is 4.32. The lowest BCUT2D eigenvalue weighted by Gasteiger charge is -2.29. The Morgan fingerprint density at radius 1 is 1.19 bits per heavy atom. The summed E-state index contributed by atoms with van der Waals surface area (Å²) >= 11 is 0. The third-order valence-corrected chi connectivity index (χ3v) is 4.44. The van der Waals surface area contributed by atoms with Crippen molar-refractivity contribution in [2.45, 2.75) is 13.0 Å². The molecule has 0 aliphatic carbocycles. The molecule has 9 heteroatoms. The van der Waals surface area contributed by atoms with Crippen LogP contribution in [0.1, 0.15) is 13.0 Å². The van der Waals surface area contributed by atoms with Crippen molar-refractivity contribution in [2.75, 3.05) is 36.5 Å². The molecule has 0 spiro atoms. The number of benzene rings is 1. The number of rotatable bonds is 5. The summed E-state index contributed by atoms with van der Waals surface area (Å²) in [6.07, 6.45) is 1.08. The minimum Gasteiger partial charge on any atom is -0.378 e. The number of pyridine rings is 1. The van der Waals surface area contributed by atoms with Gasteiger partial charge in [-0.15, -0.1) is 0 Å². The van der Waals surface area contributed by atoms with Crippen molar-refractivity contribution >= 4 is 23.0 Å². The van der Waals surface area contributed by atoms with Gasteiger partial charge in [0.15, 0.2) is 0 Å². The van der Waals surface area contributed by atoms with Crippen LogP contribution in [0.5, 0.6) is 0 Å². The maximum absolute atomic E-state index is 12.5. The van der Waals surface area contributed by atoms with Crippen molar-refractivity contribution in [1.82, 2.24) is 4.57 Å². The molecule has 1 aromatic carbocycles. The zero-order valence-corrected chi connectivity index (χ0v) is 14.8. The molecule has 0 saturated carbocycles. The fourth-order valence-corrected chi connectivity index (χ4v) is 2.85. The molecule has 2 heterocycles. The Bertz CT molecular complexity index is 887. The summed E-state index contributed by atoms with van der Waals surface area (Å²) in [5.74, 6) is -0.434. The largest absolute Gasteiger partial charge is 0.378 e. The molecule has 2 aromatic rings. The first-order chi connectivity index (χ1) is 13.0. The van der Waals surface area contributed by atoms with Gasteiger partial charge < -0.3 is 15.0 Å². The predicted octanol–water partition coefficient (Wildman–Crippen LogP) is 1.79. The number of carbonyl (C=O) groups is 1. The minimum absolute atomic E-state index is 0.246. The normalized spacial score (nSPS) is 15.2. The molecule has 1 aliphatic rings. The van der Waals surface area contributed by atoms with Crippen LogP contribution in [0.25, 0.3) is 0 Å². The van der Waals surface area contributed by atoms with E-state index in [1.54, 1.807) is 12.1 Å². The molecule has 1 aliphatic heterocycles. The summed E-state index contributed by atoms with van der Waals surface area (Å²) in [6, 6.07) is 8.69. The molecule has 0 unspecified atom stereocenters. The van der Waals surface area contributed by atoms with E-state index in [0.29, 0.717) is 18.9 Å². The van der Waals surface area contributed by atoms with Crippen LogP contribution in [0.3, 0.4) is 0 Å². The van der Waals surface area contributed by atoms with E-state index >= 15 is 0 Å². The van der Waals surface area contributed by atoms with Crippen LogP contribution in [0.15, 0.2) is 47.4 Å². The Morgan fingerprint density at radius 2 is 1.85 bits per heavy atom. The van der Waals surface area contributed by atoms with Crippen molar-refractivity contribution in [3.63, 3.8) is 0 Å². The molecule has 1 fully saturated rings. The second-order valence-corrected chi connectivity index (χ2v) is 6.20. The number of hydrogen-bond acceptors (Lipinski definition) is 6. The fourth-order valence-electron chi connectivity index (χ4n) is 2.85. The van der Waals surface area contributed by atoms with Crippen molar-refractivity contribution in [1.29, 1.82) is 0 Å². The lowest BCUT2D eigenvalue weighted by molar-refractivity contribution is -0.385. The van der Waals surface area contributed by atoms with Gasteiger partial charge in [-0.3, -0.25) is 24.3 Å². The molecule has 1 atom stereocenters. The summed E-state index contributed by atoms with van der Waals surface area (Å²) in [7, 11) is 0. The van der Waals surface area contributed by atoms with Gasteiger partial charge in [0.05, 0.1) is 24.3 Å². The van der Waals surface area contributed by atoms with Gasteiger partial charge >= 0.3 is 0 Å². The first-order valence-corrected chi connectivity index (χ1v) is 8.56. The molecule has 1 N–H and O–H groups in total. The van der Waals surface area contributed by atoms with Gasteiger partial charge in [-0.25, -0.2) is 0 Å². The van der Waals surface area contributed by atoms with Crippen LogP contribution in [0.4, 0.5) is 17.1 Å². The van der Waals surface area contributed by atoms with Crippen LogP contribution < -0.4 is 15.8 Å². The summed E-state index contributed by atoms with van der Waals surface area (Å²) in [6.45, 7) is 4.53. The number of morpholine rings is 1. The Morgan fingerprint density at radius 3 is 2.48 bits per heavy atom. The first kappa shape index (κ1) is 18.6. The predicted molar refractivity (Wildman–Crippen MR) is 100 cm³/mol. The second kappa shape index (κ2) is 8.00. The number of nitrogens with one attached hydrogen (secondary N) is 1. The quantitative estimate of drug-likeness (QED) is 0.633. The summed E-state index contributed by atoms with van der Waals surface area (Å²) in [5.41, 5.74) is 0.900. The number of anilines is 2. The summed E-state index contributed by atoms with van der Waals surface area (Å²) < 4.78 is 6.38. The van der Waals surface area contributed by atoms with Crippen molar-refractivity contribution < 1.29 is 14.5 Å². The van der Waals surface area contributed by atoms with Gasteiger partial charge in [-0.05, 0) is 31.2 Å². The van der Waals surface area contributed by atoms with E-state index in [4.69, 9.17) is 4.74 Å². The van der Waals surface area contributed by atoms with Crippen LogP contribution in [-0.2, 0) is 9.53 Å². The average Bonchev–Trinajstić information content (AvgIpc) is 2.69. The van der Waals surface area contributed by atoms with Gasteiger partial charge in [0.1, 0.15) is 6.04 Å². The van der Waals surface area contributed by atoms with Gasteiger partial charge in [0, 0.05) is 36.6 Å². The van der Waals surface area contributed by atoms with Crippen LogP contribution >= 0.6 is 0 Å². The van der Waals surface area contributed by atoms with E-state index in [1.165, 1.54) is 6.92 Å². The number of nitro groups is 1. The lowest BCUT2D eigenvalue weighted by Crippen LogP contribution is -2.36. The van der Waals surface area contributed by atoms with Crippen molar-refractivity contribution in [3.05, 3.63) is 63.1 Å². The van der Waals surface area contributed by atoms with E-state index < -0.39 is 22.4 Å². The molecule has 0 bridgehead atoms. The minimum atomic E-state index is -0.892. The highest BCUT2D eigenvalue weighted by molar-refractivity contribution is 5.93. The topological polar surface area (TPSA) is 107 Å². The van der Waals surface area contributed by atoms with E-state index in [2.05, 4.69) is 10.2 Å². The monoisotopic (exact) mass is 372 g/mol. The number of ether oxygens (including phenoxy) is 1. The zero-order valence-electron chi connectivity index (χ0n) is 14.8. The van der Waals surface area contributed by atoms with Gasteiger partial charge in [-0.2, -0.15) is 0 Å². The maximum atomic E-state index is 12.5. The van der Waals surface area contributed by atoms with E-state index in [0.717, 1.165) is 41.7 Å². The Labute approximate surface area is 155 Å². The number of nitrogens with zero attached hydrogens (tertiary/aromatic N) is 3. The van der Waals surface area contributed by atoms with Gasteiger partial charge in [0.25, 0.3) is 11.2 Å². The molecular formula is C18H20N4O5. The van der Waals surface area contributed by atoms with Crippen molar-refractivity contribution in [3.8, 4) is 0 Å². The smallest absolute Gasteiger partial charge is 0.285 e. The second-order valence-electron chi connectivity index (χ2n) is 6.20. The van der Waals surface area contributed by atoms with Crippen LogP contribution in [0.2, 0.25) is 0 Å². The summed E-state index contributed by atoms with van der Waals surface area (Å²) in [4.78, 5) is 36.9. The molecule has 1 aromatic heterocycles. The lowest BCUT2D eigenvalue weighted by atomic mass is 10.2. The molecule has 1 amide bonds. The van der Waals surface area contributed by atoms with Crippen molar-refractivity contribution in [2.24, 2.45) is 0 Å². The fraction of sp³-hybridized carbons (Fsp3) is 0.333. The van der Waals surface area contributed by atoms with Crippen LogP contribution in [-0.4, -0.2) is 41.7 Å². The zero-order chi connectivity index (χ0) is 19.4. The first-order valence-electron chi connectivity index (χ1n) is 8.56. The Balaban J connectivity index is 1.70. The van der Waals surface area contributed by atoms with E-state index in [1.807, 2.05) is 12.1 Å². The highest BCUT2D eigenvalue weighted by atomic mass is 16.6. The molecule has 142 valence electrons. The Kier molecular flexibility index (Phi) is 5.51. The number of hydrogen-bond donors (Lipinski definition) is 1. The molecule has 0 radical (unpaired) electrons. The number of amides is 1. The molecule has 9 nitrogen and oxygen atoms in total.